The van der Waals surface area contributed by atoms with Crippen LogP contribution in [0.4, 0.5) is 5.69 Å². The van der Waals surface area contributed by atoms with Crippen molar-refractivity contribution < 1.29 is 4.74 Å². The Hall–Kier alpha value is -1.16. The predicted molar refractivity (Wildman–Crippen MR) is 82.4 cm³/mol. The highest BCUT2D eigenvalue weighted by molar-refractivity contribution is 8.14. The van der Waals surface area contributed by atoms with Gasteiger partial charge in [0.25, 0.3) is 0 Å². The third kappa shape index (κ3) is 2.59. The lowest BCUT2D eigenvalue weighted by molar-refractivity contribution is 0.412. The zero-order chi connectivity index (χ0) is 13.3. The van der Waals surface area contributed by atoms with E-state index in [1.807, 2.05) is 17.8 Å². The van der Waals surface area contributed by atoms with E-state index in [9.17, 15) is 0 Å². The maximum atomic E-state index is 5.28. The van der Waals surface area contributed by atoms with Crippen molar-refractivity contribution in [2.75, 3.05) is 18.2 Å². The number of aryl methyl sites for hydroxylation is 1. The third-order valence-electron chi connectivity index (χ3n) is 4.00. The first kappa shape index (κ1) is 12.9. The second kappa shape index (κ2) is 5.08. The summed E-state index contributed by atoms with van der Waals surface area (Å²) < 4.78 is 5.28. The Morgan fingerprint density at radius 3 is 2.79 bits per heavy atom. The fourth-order valence-electron chi connectivity index (χ4n) is 2.92. The average Bonchev–Trinajstić information content (AvgIpc) is 3.01. The largest absolute Gasteiger partial charge is 0.496 e. The van der Waals surface area contributed by atoms with Crippen molar-refractivity contribution in [1.82, 2.24) is 0 Å². The van der Waals surface area contributed by atoms with E-state index in [0.717, 1.165) is 27.9 Å². The predicted octanol–water partition coefficient (Wildman–Crippen LogP) is 3.83. The highest BCUT2D eigenvalue weighted by atomic mass is 32.2. The van der Waals surface area contributed by atoms with Crippen molar-refractivity contribution in [3.63, 3.8) is 0 Å². The summed E-state index contributed by atoms with van der Waals surface area (Å²) in [5, 5.41) is 4.52. The Kier molecular flexibility index (Phi) is 3.44. The van der Waals surface area contributed by atoms with E-state index in [1.54, 1.807) is 7.11 Å². The summed E-state index contributed by atoms with van der Waals surface area (Å²) in [6, 6.07) is 6.17. The number of ether oxygens (including phenoxy) is 1. The summed E-state index contributed by atoms with van der Waals surface area (Å²) in [6.07, 6.45) is 5.18. The summed E-state index contributed by atoms with van der Waals surface area (Å²) >= 11 is 1.86. The van der Waals surface area contributed by atoms with Crippen LogP contribution in [0.3, 0.4) is 0 Å². The molecule has 1 fully saturated rings. The molecule has 0 saturated heterocycles. The van der Waals surface area contributed by atoms with Gasteiger partial charge in [-0.3, -0.25) is 4.99 Å². The van der Waals surface area contributed by atoms with Crippen molar-refractivity contribution >= 4 is 22.6 Å². The molecule has 4 heteroatoms. The Morgan fingerprint density at radius 1 is 1.32 bits per heavy atom. The van der Waals surface area contributed by atoms with Crippen molar-refractivity contribution in [1.29, 1.82) is 0 Å². The van der Waals surface area contributed by atoms with Crippen LogP contribution in [0.25, 0.3) is 0 Å². The maximum absolute atomic E-state index is 5.28. The number of aliphatic imine (C=N–C) groups is 1. The van der Waals surface area contributed by atoms with Crippen LogP contribution >= 0.6 is 11.8 Å². The molecule has 0 bridgehead atoms. The van der Waals surface area contributed by atoms with Crippen LogP contribution in [0.2, 0.25) is 0 Å². The quantitative estimate of drug-likeness (QED) is 0.891. The number of nitrogens with zero attached hydrogens (tertiary/aromatic N) is 1. The second-order valence-electron chi connectivity index (χ2n) is 5.45. The molecule has 1 N–H and O–H groups in total. The van der Waals surface area contributed by atoms with Crippen LogP contribution in [0, 0.1) is 6.92 Å². The molecular formula is C15H20N2OS. The lowest BCUT2D eigenvalue weighted by Gasteiger charge is -2.16. The molecule has 0 unspecified atom stereocenters. The smallest absolute Gasteiger partial charge is 0.161 e. The van der Waals surface area contributed by atoms with Gasteiger partial charge in [0.2, 0.25) is 0 Å². The molecule has 0 aromatic heterocycles. The van der Waals surface area contributed by atoms with E-state index < -0.39 is 0 Å². The molecule has 1 aromatic carbocycles. The maximum Gasteiger partial charge on any atom is 0.161 e. The Balaban J connectivity index is 1.73. The molecule has 0 atom stereocenters. The second-order valence-corrected chi connectivity index (χ2v) is 6.41. The van der Waals surface area contributed by atoms with Gasteiger partial charge in [0.05, 0.1) is 12.6 Å². The third-order valence-corrected chi connectivity index (χ3v) is 5.15. The van der Waals surface area contributed by atoms with Gasteiger partial charge < -0.3 is 10.1 Å². The van der Waals surface area contributed by atoms with Gasteiger partial charge in [-0.25, -0.2) is 0 Å². The van der Waals surface area contributed by atoms with Crippen LogP contribution in [-0.4, -0.2) is 23.6 Å². The van der Waals surface area contributed by atoms with Crippen LogP contribution in [0.15, 0.2) is 23.2 Å². The van der Waals surface area contributed by atoms with Gasteiger partial charge in [0.15, 0.2) is 5.17 Å². The molecule has 3 rings (SSSR count). The van der Waals surface area contributed by atoms with E-state index in [-0.39, 0.29) is 5.54 Å². The van der Waals surface area contributed by atoms with Crippen molar-refractivity contribution in [2.24, 2.45) is 4.99 Å². The number of hydrogen-bond acceptors (Lipinski definition) is 4. The Labute approximate surface area is 118 Å². The van der Waals surface area contributed by atoms with Crippen LogP contribution in [0.5, 0.6) is 5.75 Å². The van der Waals surface area contributed by atoms with Gasteiger partial charge in [0.1, 0.15) is 5.75 Å². The standard InChI is InChI=1S/C15H20N2OS/c1-11-9-12(5-6-13(11)18-2)16-14-17-15(10-19-14)7-3-4-8-15/h5-6,9H,3-4,7-8,10H2,1-2H3,(H,16,17). The first-order valence-electron chi connectivity index (χ1n) is 6.85. The molecule has 1 aromatic rings. The summed E-state index contributed by atoms with van der Waals surface area (Å²) in [6.45, 7) is 2.06. The highest BCUT2D eigenvalue weighted by Crippen LogP contribution is 2.41. The first-order valence-corrected chi connectivity index (χ1v) is 7.84. The van der Waals surface area contributed by atoms with E-state index in [2.05, 4.69) is 24.4 Å². The summed E-state index contributed by atoms with van der Waals surface area (Å²) in [7, 11) is 1.70. The minimum Gasteiger partial charge on any atom is -0.496 e. The molecule has 2 aliphatic rings. The molecule has 1 heterocycles. The molecular weight excluding hydrogens is 256 g/mol. The first-order chi connectivity index (χ1) is 9.21. The molecule has 1 aliphatic carbocycles. The highest BCUT2D eigenvalue weighted by Gasteiger charge is 2.38. The fraction of sp³-hybridized carbons (Fsp3) is 0.533. The van der Waals surface area contributed by atoms with E-state index >= 15 is 0 Å². The topological polar surface area (TPSA) is 33.6 Å². The van der Waals surface area contributed by atoms with Gasteiger partial charge in [-0.05, 0) is 43.5 Å². The zero-order valence-electron chi connectivity index (χ0n) is 11.5. The minimum atomic E-state index is 0.245. The molecule has 1 saturated carbocycles. The van der Waals surface area contributed by atoms with Gasteiger partial charge >= 0.3 is 0 Å². The van der Waals surface area contributed by atoms with Crippen molar-refractivity contribution in [3.05, 3.63) is 23.8 Å². The zero-order valence-corrected chi connectivity index (χ0v) is 12.3. The fourth-order valence-corrected chi connectivity index (χ4v) is 4.12. The number of hydrogen-bond donors (Lipinski definition) is 1. The molecule has 1 aliphatic heterocycles. The molecule has 3 nitrogen and oxygen atoms in total. The SMILES string of the molecule is COc1ccc(NC2=NC3(CCCC3)CS2)cc1C. The Bertz CT molecular complexity index is 507. The normalized spacial score (nSPS) is 20.6. The van der Waals surface area contributed by atoms with Gasteiger partial charge in [-0.1, -0.05) is 24.6 Å². The van der Waals surface area contributed by atoms with Gasteiger partial charge in [0, 0.05) is 11.4 Å². The summed E-state index contributed by atoms with van der Waals surface area (Å²) in [5.41, 5.74) is 2.49. The molecule has 19 heavy (non-hydrogen) atoms. The Morgan fingerprint density at radius 2 is 2.11 bits per heavy atom. The molecule has 102 valence electrons. The number of anilines is 1. The van der Waals surface area contributed by atoms with Crippen LogP contribution < -0.4 is 10.1 Å². The van der Waals surface area contributed by atoms with Crippen LogP contribution in [-0.2, 0) is 0 Å². The summed E-state index contributed by atoms with van der Waals surface area (Å²) in [5.74, 6) is 2.07. The molecule has 0 radical (unpaired) electrons. The van der Waals surface area contributed by atoms with Crippen molar-refractivity contribution in [3.8, 4) is 5.75 Å². The number of thioether (sulfide) groups is 1. The number of nitrogens with one attached hydrogen (secondary N) is 1. The number of methoxy groups -OCH3 is 1. The van der Waals surface area contributed by atoms with E-state index in [4.69, 9.17) is 9.73 Å². The van der Waals surface area contributed by atoms with Gasteiger partial charge in [-0.15, -0.1) is 0 Å². The van der Waals surface area contributed by atoms with Crippen LogP contribution in [0.1, 0.15) is 31.2 Å². The minimum absolute atomic E-state index is 0.245. The average molecular weight is 276 g/mol. The van der Waals surface area contributed by atoms with Gasteiger partial charge in [-0.2, -0.15) is 0 Å². The van der Waals surface area contributed by atoms with Crippen molar-refractivity contribution in [2.45, 2.75) is 38.1 Å². The number of benzene rings is 1. The number of rotatable bonds is 2. The summed E-state index contributed by atoms with van der Waals surface area (Å²) in [4.78, 5) is 4.92. The monoisotopic (exact) mass is 276 g/mol. The van der Waals surface area contributed by atoms with E-state index in [0.29, 0.717) is 0 Å². The lowest BCUT2D eigenvalue weighted by atomic mass is 10.0. The molecule has 1 spiro atoms. The lowest BCUT2D eigenvalue weighted by Crippen LogP contribution is -2.21. The van der Waals surface area contributed by atoms with E-state index in [1.165, 1.54) is 25.7 Å². The molecule has 0 amide bonds. The number of amidine groups is 1.